The molecule has 10 heteroatoms. The minimum Gasteiger partial charge on any atom is -0.490 e. The number of pyridine rings is 1. The Balaban J connectivity index is 1.32. The first kappa shape index (κ1) is 19.2. The molecular formula is C21H20FN7O2. The molecule has 3 aromatic rings. The number of aromatic nitrogens is 4. The second-order valence-electron chi connectivity index (χ2n) is 7.72. The predicted octanol–water partition coefficient (Wildman–Crippen LogP) is 1.73. The van der Waals surface area contributed by atoms with E-state index in [0.717, 1.165) is 0 Å². The molecule has 158 valence electrons. The molecule has 2 aliphatic heterocycles. The Hall–Kier alpha value is -3.74. The topological polar surface area (TPSA) is 99.6 Å². The number of hydrogen-bond donors (Lipinski definition) is 0. The van der Waals surface area contributed by atoms with Crippen molar-refractivity contribution in [1.29, 1.82) is 5.26 Å². The highest BCUT2D eigenvalue weighted by molar-refractivity contribution is 5.86. The van der Waals surface area contributed by atoms with Gasteiger partial charge in [-0.25, -0.2) is 14.4 Å². The van der Waals surface area contributed by atoms with Crippen molar-refractivity contribution in [1.82, 2.24) is 24.3 Å². The number of halogens is 1. The van der Waals surface area contributed by atoms with E-state index in [-0.39, 0.29) is 32.5 Å². The summed E-state index contributed by atoms with van der Waals surface area (Å²) in [5.41, 5.74) is -0.319. The number of alkyl halides is 1. The van der Waals surface area contributed by atoms with Crippen LogP contribution in [0.3, 0.4) is 0 Å². The van der Waals surface area contributed by atoms with Crippen LogP contribution >= 0.6 is 0 Å². The van der Waals surface area contributed by atoms with Crippen LogP contribution in [-0.4, -0.2) is 62.1 Å². The second kappa shape index (κ2) is 7.50. The Bertz CT molecular complexity index is 1180. The summed E-state index contributed by atoms with van der Waals surface area (Å²) in [7, 11) is 0. The van der Waals surface area contributed by atoms with Crippen LogP contribution in [0.15, 0.2) is 37.2 Å². The first-order chi connectivity index (χ1) is 15.1. The highest BCUT2D eigenvalue weighted by Crippen LogP contribution is 2.34. The molecule has 31 heavy (non-hydrogen) atoms. The third-order valence-electron chi connectivity index (χ3n) is 5.88. The van der Waals surface area contributed by atoms with Crippen molar-refractivity contribution >= 4 is 17.4 Å². The lowest BCUT2D eigenvalue weighted by atomic mass is 9.91. The minimum atomic E-state index is -1.96. The second-order valence-corrected chi connectivity index (χ2v) is 7.72. The van der Waals surface area contributed by atoms with Crippen LogP contribution in [0.2, 0.25) is 0 Å². The van der Waals surface area contributed by atoms with E-state index in [2.05, 4.69) is 15.0 Å². The van der Waals surface area contributed by atoms with E-state index in [1.807, 2.05) is 27.8 Å². The van der Waals surface area contributed by atoms with Gasteiger partial charge in [-0.2, -0.15) is 5.26 Å². The number of hydrogen-bond acceptors (Lipinski definition) is 7. The Morgan fingerprint density at radius 1 is 1.16 bits per heavy atom. The van der Waals surface area contributed by atoms with Gasteiger partial charge in [-0.3, -0.25) is 9.78 Å². The lowest BCUT2D eigenvalue weighted by molar-refractivity contribution is -0.146. The standard InChI is InChI=1S/C21H20FN7O2/c22-21(1-5-27(6-2-21)18-19-26-4-8-28(19)7-3-25-18)20(30)29-9-10-31-17-15(11-23)12-24-13-16(17)14-29/h3-4,7-8,12-13H,1-2,5-6,9-10,14H2. The molecule has 9 nitrogen and oxygen atoms in total. The van der Waals surface area contributed by atoms with Crippen molar-refractivity contribution in [2.75, 3.05) is 31.1 Å². The highest BCUT2D eigenvalue weighted by Gasteiger charge is 2.45. The molecule has 1 amide bonds. The van der Waals surface area contributed by atoms with Crippen LogP contribution in [0.25, 0.3) is 5.65 Å². The summed E-state index contributed by atoms with van der Waals surface area (Å²) in [4.78, 5) is 29.4. The minimum absolute atomic E-state index is 0.0655. The number of fused-ring (bicyclic) bond motifs is 2. The fourth-order valence-electron chi connectivity index (χ4n) is 4.20. The number of ether oxygens (including phenoxy) is 1. The molecule has 2 aliphatic rings. The average molecular weight is 421 g/mol. The normalized spacial score (nSPS) is 18.1. The lowest BCUT2D eigenvalue weighted by Gasteiger charge is -2.38. The van der Waals surface area contributed by atoms with Gasteiger partial charge in [0.05, 0.1) is 13.1 Å². The maximum atomic E-state index is 15.8. The van der Waals surface area contributed by atoms with Gasteiger partial charge in [0.2, 0.25) is 0 Å². The van der Waals surface area contributed by atoms with Crippen LogP contribution in [0.5, 0.6) is 5.75 Å². The zero-order chi connectivity index (χ0) is 21.4. The first-order valence-corrected chi connectivity index (χ1v) is 10.1. The molecule has 0 N–H and O–H groups in total. The molecule has 0 unspecified atom stereocenters. The van der Waals surface area contributed by atoms with Crippen LogP contribution in [0.1, 0.15) is 24.0 Å². The van der Waals surface area contributed by atoms with Gasteiger partial charge in [-0.05, 0) is 0 Å². The summed E-state index contributed by atoms with van der Waals surface area (Å²) in [5, 5.41) is 9.25. The first-order valence-electron chi connectivity index (χ1n) is 10.1. The summed E-state index contributed by atoms with van der Waals surface area (Å²) >= 11 is 0. The van der Waals surface area contributed by atoms with Crippen LogP contribution < -0.4 is 9.64 Å². The molecule has 0 spiro atoms. The number of rotatable bonds is 2. The summed E-state index contributed by atoms with van der Waals surface area (Å²) in [6, 6.07) is 2.05. The summed E-state index contributed by atoms with van der Waals surface area (Å²) in [6.07, 6.45) is 10.1. The number of amides is 1. The molecule has 0 saturated carbocycles. The van der Waals surface area contributed by atoms with Crippen molar-refractivity contribution < 1.29 is 13.9 Å². The zero-order valence-electron chi connectivity index (χ0n) is 16.7. The van der Waals surface area contributed by atoms with E-state index in [9.17, 15) is 10.1 Å². The number of imidazole rings is 1. The fraction of sp³-hybridized carbons (Fsp3) is 0.381. The van der Waals surface area contributed by atoms with Gasteiger partial charge in [-0.15, -0.1) is 0 Å². The average Bonchev–Trinajstić information content (AvgIpc) is 3.17. The quantitative estimate of drug-likeness (QED) is 0.621. The van der Waals surface area contributed by atoms with Gasteiger partial charge in [0, 0.05) is 68.7 Å². The Morgan fingerprint density at radius 2 is 1.94 bits per heavy atom. The Kier molecular flexibility index (Phi) is 4.66. The van der Waals surface area contributed by atoms with Crippen LogP contribution in [0, 0.1) is 11.3 Å². The van der Waals surface area contributed by atoms with E-state index in [1.54, 1.807) is 18.6 Å². The molecule has 0 radical (unpaired) electrons. The van der Waals surface area contributed by atoms with Gasteiger partial charge in [0.1, 0.15) is 24.0 Å². The van der Waals surface area contributed by atoms with E-state index in [0.29, 0.717) is 41.4 Å². The molecule has 0 bridgehead atoms. The summed E-state index contributed by atoms with van der Waals surface area (Å²) in [5.74, 6) is 0.571. The predicted molar refractivity (Wildman–Crippen MR) is 108 cm³/mol. The SMILES string of the molecule is N#Cc1cncc2c1OCCN(C(=O)C1(F)CCN(c3nccn4ccnc34)CC1)C2. The lowest BCUT2D eigenvalue weighted by Crippen LogP contribution is -2.52. The third-order valence-corrected chi connectivity index (χ3v) is 5.88. The van der Waals surface area contributed by atoms with Crippen molar-refractivity contribution in [3.63, 3.8) is 0 Å². The van der Waals surface area contributed by atoms with Gasteiger partial charge in [-0.1, -0.05) is 0 Å². The number of anilines is 1. The van der Waals surface area contributed by atoms with E-state index >= 15 is 4.39 Å². The third kappa shape index (κ3) is 3.32. The highest BCUT2D eigenvalue weighted by atomic mass is 19.1. The smallest absolute Gasteiger partial charge is 0.260 e. The van der Waals surface area contributed by atoms with Gasteiger partial charge >= 0.3 is 0 Å². The van der Waals surface area contributed by atoms with Crippen molar-refractivity contribution in [3.05, 3.63) is 48.3 Å². The van der Waals surface area contributed by atoms with Crippen molar-refractivity contribution in [2.24, 2.45) is 0 Å². The number of piperidine rings is 1. The van der Waals surface area contributed by atoms with Gasteiger partial charge in [0.15, 0.2) is 17.1 Å². The van der Waals surface area contributed by atoms with Gasteiger partial charge in [0.25, 0.3) is 5.91 Å². The molecule has 1 saturated heterocycles. The van der Waals surface area contributed by atoms with Crippen molar-refractivity contribution in [3.8, 4) is 11.8 Å². The molecular weight excluding hydrogens is 401 g/mol. The maximum absolute atomic E-state index is 15.8. The molecule has 0 aliphatic carbocycles. The Morgan fingerprint density at radius 3 is 2.71 bits per heavy atom. The van der Waals surface area contributed by atoms with Crippen molar-refractivity contribution in [2.45, 2.75) is 25.1 Å². The maximum Gasteiger partial charge on any atom is 0.260 e. The number of nitriles is 1. The monoisotopic (exact) mass is 421 g/mol. The fourth-order valence-corrected chi connectivity index (χ4v) is 4.20. The number of carbonyl (C=O) groups excluding carboxylic acids is 1. The molecule has 3 aromatic heterocycles. The molecule has 5 rings (SSSR count). The van der Waals surface area contributed by atoms with E-state index in [1.165, 1.54) is 11.1 Å². The number of nitrogens with zero attached hydrogens (tertiary/aromatic N) is 7. The Labute approximate surface area is 177 Å². The largest absolute Gasteiger partial charge is 0.490 e. The summed E-state index contributed by atoms with van der Waals surface area (Å²) in [6.45, 7) is 1.35. The van der Waals surface area contributed by atoms with Crippen LogP contribution in [-0.2, 0) is 11.3 Å². The molecule has 0 atom stereocenters. The van der Waals surface area contributed by atoms with E-state index in [4.69, 9.17) is 4.74 Å². The van der Waals surface area contributed by atoms with E-state index < -0.39 is 11.6 Å². The van der Waals surface area contributed by atoms with Crippen LogP contribution in [0.4, 0.5) is 10.2 Å². The molecule has 5 heterocycles. The zero-order valence-corrected chi connectivity index (χ0v) is 16.7. The molecule has 0 aromatic carbocycles. The van der Waals surface area contributed by atoms with Gasteiger partial charge < -0.3 is 18.9 Å². The summed E-state index contributed by atoms with van der Waals surface area (Å²) < 4.78 is 23.3. The number of carbonyl (C=O) groups is 1. The molecule has 1 fully saturated rings.